The summed E-state index contributed by atoms with van der Waals surface area (Å²) in [4.78, 5) is 64.2. The van der Waals surface area contributed by atoms with Crippen molar-refractivity contribution < 1.29 is 52.8 Å². The van der Waals surface area contributed by atoms with Crippen molar-refractivity contribution in [2.45, 2.75) is 82.7 Å². The maximum Gasteiger partial charge on any atom is 0.348 e. The molecule has 5 aliphatic rings. The second-order valence-electron chi connectivity index (χ2n) is 15.0. The molecule has 280 valence electrons. The van der Waals surface area contributed by atoms with Crippen LogP contribution in [0.3, 0.4) is 0 Å². The highest BCUT2D eigenvalue weighted by molar-refractivity contribution is 5.96. The smallest absolute Gasteiger partial charge is 0.348 e. The predicted molar refractivity (Wildman–Crippen MR) is 188 cm³/mol. The van der Waals surface area contributed by atoms with Crippen molar-refractivity contribution in [3.63, 3.8) is 0 Å². The van der Waals surface area contributed by atoms with Crippen LogP contribution in [0, 0.1) is 17.3 Å². The molecule has 3 aliphatic carbocycles. The number of fused-ring (bicyclic) bond motifs is 1. The molecule has 2 heterocycles. The molecule has 2 aliphatic heterocycles. The Kier molecular flexibility index (Phi) is 10.2. The minimum Gasteiger partial charge on any atom is -0.462 e. The zero-order chi connectivity index (χ0) is 37.3. The molecule has 0 spiro atoms. The lowest BCUT2D eigenvalue weighted by atomic mass is 9.90. The van der Waals surface area contributed by atoms with E-state index in [9.17, 15) is 24.0 Å². The molecule has 0 unspecified atom stereocenters. The quantitative estimate of drug-likeness (QED) is 0.157. The number of ether oxygens (including phenoxy) is 5. The number of carbonyl (C=O) groups excluding carboxylic acids is 5. The number of carbonyl (C=O) groups is 5. The van der Waals surface area contributed by atoms with Crippen LogP contribution in [0.1, 0.15) is 77.8 Å². The third-order valence-electron chi connectivity index (χ3n) is 10.3. The Labute approximate surface area is 307 Å². The molecular weight excluding hydrogens is 684 g/mol. The van der Waals surface area contributed by atoms with Gasteiger partial charge in [0.1, 0.15) is 24.9 Å². The monoisotopic (exact) mass is 728 g/mol. The first-order valence-electron chi connectivity index (χ1n) is 18.1. The van der Waals surface area contributed by atoms with Crippen LogP contribution in [0.4, 0.5) is 0 Å². The molecule has 2 amide bonds. The molecule has 53 heavy (non-hydrogen) atoms. The van der Waals surface area contributed by atoms with E-state index in [1.54, 1.807) is 68.5 Å². The number of esters is 3. The Morgan fingerprint density at radius 2 is 1.66 bits per heavy atom. The van der Waals surface area contributed by atoms with E-state index in [-0.39, 0.29) is 61.9 Å². The summed E-state index contributed by atoms with van der Waals surface area (Å²) < 4.78 is 29.9. The fraction of sp³-hybridized carbons (Fsp3) is 0.475. The summed E-state index contributed by atoms with van der Waals surface area (Å²) in [6, 6.07) is 13.4. The van der Waals surface area contributed by atoms with Crippen molar-refractivity contribution in [2.24, 2.45) is 17.3 Å². The third kappa shape index (κ3) is 8.07. The number of cyclic esters (lactones) is 1. The minimum absolute atomic E-state index is 0.0997. The van der Waals surface area contributed by atoms with Crippen molar-refractivity contribution in [2.75, 3.05) is 19.8 Å². The van der Waals surface area contributed by atoms with E-state index >= 15 is 0 Å². The number of aliphatic hydroxyl groups excluding tert-OH is 1. The summed E-state index contributed by atoms with van der Waals surface area (Å²) >= 11 is 0. The van der Waals surface area contributed by atoms with Gasteiger partial charge in [0, 0.05) is 54.0 Å². The highest BCUT2D eigenvalue weighted by Gasteiger charge is 2.64. The van der Waals surface area contributed by atoms with Crippen LogP contribution in [0.25, 0.3) is 6.08 Å². The normalized spacial score (nSPS) is 25.6. The molecule has 7 rings (SSSR count). The number of hydrogen-bond donors (Lipinski definition) is 3. The molecule has 2 aromatic rings. The van der Waals surface area contributed by atoms with Crippen LogP contribution >= 0.6 is 0 Å². The Hall–Kier alpha value is -4.85. The first kappa shape index (κ1) is 36.5. The number of benzene rings is 2. The lowest BCUT2D eigenvalue weighted by Gasteiger charge is -2.31. The number of nitrogens with one attached hydrogen (secondary N) is 2. The molecule has 2 aromatic carbocycles. The van der Waals surface area contributed by atoms with Crippen molar-refractivity contribution >= 4 is 35.8 Å². The standard InChI is InChI=1S/C40H44N2O11/c1-39(2)22-49-38(48)34(39)51-32(44)14-9-23-5-3-8-26(17-23)37(47)50-30-19-27(20-31-33(30)53-40(52-31,28-10-11-28)29-12-13-29)36(46)42-21-24-6-4-7-25(18-24)35(45)41-15-16-43/h3-9,14,17-18,20,28-31,33-34,43H,10-13,15-16,19,21-22H2,1-2H3,(H,41,45)(H,42,46)/t30-,31-,33+,34+/m1/s1. The van der Waals surface area contributed by atoms with Crippen molar-refractivity contribution in [3.05, 3.63) is 88.5 Å². The molecule has 0 radical (unpaired) electrons. The second kappa shape index (κ2) is 14.9. The Morgan fingerprint density at radius 3 is 2.36 bits per heavy atom. The van der Waals surface area contributed by atoms with Gasteiger partial charge in [0.2, 0.25) is 12.0 Å². The SMILES string of the molecule is CC1(C)COC(=O)[C@@H]1OC(=O)C=Cc1cccc(C(=O)O[C@@H]2CC(C(=O)NCc3cccc(C(=O)NCCO)c3)=C[C@H]3OC(C4CC4)(C4CC4)O[C@H]32)c1. The zero-order valence-electron chi connectivity index (χ0n) is 29.7. The van der Waals surface area contributed by atoms with Gasteiger partial charge >= 0.3 is 17.9 Å². The van der Waals surface area contributed by atoms with Gasteiger partial charge in [-0.05, 0) is 73.2 Å². The second-order valence-corrected chi connectivity index (χ2v) is 15.0. The van der Waals surface area contributed by atoms with E-state index in [1.165, 1.54) is 12.2 Å². The Morgan fingerprint density at radius 1 is 0.925 bits per heavy atom. The maximum absolute atomic E-state index is 13.7. The number of amides is 2. The fourth-order valence-electron chi connectivity index (χ4n) is 7.19. The van der Waals surface area contributed by atoms with Crippen LogP contribution in [-0.2, 0) is 44.6 Å². The molecule has 0 aromatic heterocycles. The van der Waals surface area contributed by atoms with Crippen molar-refractivity contribution in [3.8, 4) is 0 Å². The van der Waals surface area contributed by atoms with Gasteiger partial charge in [0.05, 0.1) is 12.2 Å². The molecule has 3 N–H and O–H groups in total. The summed E-state index contributed by atoms with van der Waals surface area (Å²) in [6.07, 6.45) is 5.50. The molecule has 4 atom stereocenters. The van der Waals surface area contributed by atoms with Gasteiger partial charge in [0.15, 0.2) is 5.79 Å². The largest absolute Gasteiger partial charge is 0.462 e. The van der Waals surface area contributed by atoms with Crippen LogP contribution in [0.5, 0.6) is 0 Å². The van der Waals surface area contributed by atoms with Gasteiger partial charge in [0.25, 0.3) is 5.91 Å². The van der Waals surface area contributed by atoms with E-state index < -0.39 is 53.5 Å². The fourth-order valence-corrected chi connectivity index (χ4v) is 7.19. The van der Waals surface area contributed by atoms with Gasteiger partial charge in [-0.2, -0.15) is 0 Å². The van der Waals surface area contributed by atoms with Gasteiger partial charge < -0.3 is 39.4 Å². The van der Waals surface area contributed by atoms with Crippen LogP contribution < -0.4 is 10.6 Å². The average Bonchev–Trinajstić information content (AvgIpc) is 4.10. The lowest BCUT2D eigenvalue weighted by Crippen LogP contribution is -2.44. The van der Waals surface area contributed by atoms with Gasteiger partial charge in [-0.25, -0.2) is 14.4 Å². The lowest BCUT2D eigenvalue weighted by molar-refractivity contribution is -0.209. The van der Waals surface area contributed by atoms with Crippen molar-refractivity contribution in [1.29, 1.82) is 0 Å². The molecule has 13 nitrogen and oxygen atoms in total. The molecule has 2 saturated carbocycles. The molecular formula is C40H44N2O11. The first-order chi connectivity index (χ1) is 25.5. The highest BCUT2D eigenvalue weighted by atomic mass is 16.8. The van der Waals surface area contributed by atoms with E-state index in [4.69, 9.17) is 28.8 Å². The topological polar surface area (TPSA) is 176 Å². The number of aliphatic hydroxyl groups is 1. The van der Waals surface area contributed by atoms with E-state index in [0.29, 0.717) is 22.3 Å². The summed E-state index contributed by atoms with van der Waals surface area (Å²) in [5, 5.41) is 14.6. The van der Waals surface area contributed by atoms with Crippen molar-refractivity contribution in [1.82, 2.24) is 10.6 Å². The third-order valence-corrected chi connectivity index (χ3v) is 10.3. The van der Waals surface area contributed by atoms with E-state index in [0.717, 1.165) is 25.7 Å². The molecule has 2 saturated heterocycles. The van der Waals surface area contributed by atoms with Gasteiger partial charge in [-0.15, -0.1) is 0 Å². The van der Waals surface area contributed by atoms with E-state index in [2.05, 4.69) is 10.6 Å². The first-order valence-corrected chi connectivity index (χ1v) is 18.1. The number of rotatable bonds is 13. The summed E-state index contributed by atoms with van der Waals surface area (Å²) in [6.45, 7) is 3.83. The number of hydrogen-bond acceptors (Lipinski definition) is 11. The minimum atomic E-state index is -1.01. The van der Waals surface area contributed by atoms with Gasteiger partial charge in [-0.1, -0.05) is 38.1 Å². The van der Waals surface area contributed by atoms with Gasteiger partial charge in [-0.3, -0.25) is 9.59 Å². The summed E-state index contributed by atoms with van der Waals surface area (Å²) in [5.41, 5.74) is 1.64. The zero-order valence-corrected chi connectivity index (χ0v) is 29.7. The predicted octanol–water partition coefficient (Wildman–Crippen LogP) is 3.39. The Bertz CT molecular complexity index is 1830. The van der Waals surface area contributed by atoms with E-state index in [1.807, 2.05) is 0 Å². The van der Waals surface area contributed by atoms with Crippen LogP contribution in [-0.4, -0.2) is 84.8 Å². The molecule has 4 fully saturated rings. The summed E-state index contributed by atoms with van der Waals surface area (Å²) in [5.74, 6) is -2.86. The Balaban J connectivity index is 1.04. The maximum atomic E-state index is 13.7. The summed E-state index contributed by atoms with van der Waals surface area (Å²) in [7, 11) is 0. The highest BCUT2D eigenvalue weighted by Crippen LogP contribution is 2.59. The average molecular weight is 729 g/mol. The molecule has 13 heteroatoms. The molecule has 0 bridgehead atoms. The van der Waals surface area contributed by atoms with Crippen LogP contribution in [0.15, 0.2) is 66.3 Å². The van der Waals surface area contributed by atoms with Crippen LogP contribution in [0.2, 0.25) is 0 Å².